The van der Waals surface area contributed by atoms with Crippen molar-refractivity contribution in [3.8, 4) is 0 Å². The molecule has 4 aromatic rings. The summed E-state index contributed by atoms with van der Waals surface area (Å²) < 4.78 is 0. The maximum absolute atomic E-state index is 13.3. The molecule has 15 nitrogen and oxygen atoms in total. The standard InChI is InChI=1S/C33H15N3O12/c37-25-19-7-1-2-8-20(19)26(38)34(25)46-31(43)16-13-17(32(44)47-35-27(39)21-9-3-4-10-22(21)28(35)40)15-18(14-16)33(45)48-36-29(41)23-11-5-6-12-24(23)30(36)42/h1-15H. The first-order valence-corrected chi connectivity index (χ1v) is 13.8. The van der Waals surface area contributed by atoms with Gasteiger partial charge in [0.2, 0.25) is 0 Å². The summed E-state index contributed by atoms with van der Waals surface area (Å²) >= 11 is 0. The molecule has 0 spiro atoms. The molecule has 15 heteroatoms. The Labute approximate surface area is 267 Å². The maximum Gasteiger partial charge on any atom is 0.363 e. The van der Waals surface area contributed by atoms with Gasteiger partial charge in [0.1, 0.15) is 0 Å². The quantitative estimate of drug-likeness (QED) is 0.279. The third-order valence-electron chi connectivity index (χ3n) is 7.43. The topological polar surface area (TPSA) is 191 Å². The predicted octanol–water partition coefficient (Wildman–Crippen LogP) is 2.79. The number of rotatable bonds is 6. The highest BCUT2D eigenvalue weighted by atomic mass is 16.7. The maximum atomic E-state index is 13.3. The molecule has 3 heterocycles. The van der Waals surface area contributed by atoms with E-state index in [1.54, 1.807) is 0 Å². The molecule has 6 amide bonds. The van der Waals surface area contributed by atoms with E-state index in [1.165, 1.54) is 72.8 Å². The van der Waals surface area contributed by atoms with Crippen LogP contribution in [0.15, 0.2) is 91.0 Å². The van der Waals surface area contributed by atoms with E-state index in [0.717, 1.165) is 18.2 Å². The number of hydroxylamine groups is 6. The van der Waals surface area contributed by atoms with Crippen molar-refractivity contribution in [2.75, 3.05) is 0 Å². The fourth-order valence-corrected chi connectivity index (χ4v) is 5.14. The van der Waals surface area contributed by atoms with Crippen LogP contribution in [0.25, 0.3) is 0 Å². The van der Waals surface area contributed by atoms with Crippen LogP contribution in [-0.4, -0.2) is 68.5 Å². The number of amides is 6. The number of fused-ring (bicyclic) bond motifs is 3. The van der Waals surface area contributed by atoms with E-state index in [2.05, 4.69) is 0 Å². The number of carbonyl (C=O) groups is 9. The van der Waals surface area contributed by atoms with Crippen molar-refractivity contribution < 1.29 is 57.7 Å². The molecule has 0 saturated heterocycles. The second kappa shape index (κ2) is 11.0. The van der Waals surface area contributed by atoms with Crippen molar-refractivity contribution in [3.63, 3.8) is 0 Å². The first kappa shape index (κ1) is 29.4. The summed E-state index contributed by atoms with van der Waals surface area (Å²) in [6.45, 7) is 0. The molecule has 234 valence electrons. The third-order valence-corrected chi connectivity index (χ3v) is 7.43. The van der Waals surface area contributed by atoms with Crippen LogP contribution in [0.2, 0.25) is 0 Å². The number of carbonyl (C=O) groups excluding carboxylic acids is 9. The van der Waals surface area contributed by atoms with Gasteiger partial charge in [0, 0.05) is 0 Å². The molecule has 7 rings (SSSR count). The van der Waals surface area contributed by atoms with E-state index in [9.17, 15) is 43.2 Å². The number of hydrogen-bond donors (Lipinski definition) is 0. The van der Waals surface area contributed by atoms with Crippen LogP contribution in [0.4, 0.5) is 0 Å². The average Bonchev–Trinajstić information content (AvgIpc) is 3.60. The smallest absolute Gasteiger partial charge is 0.324 e. The lowest BCUT2D eigenvalue weighted by molar-refractivity contribution is -0.0597. The Morgan fingerprint density at radius 2 is 0.542 bits per heavy atom. The largest absolute Gasteiger partial charge is 0.363 e. The minimum Gasteiger partial charge on any atom is -0.324 e. The Morgan fingerprint density at radius 1 is 0.354 bits per heavy atom. The van der Waals surface area contributed by atoms with E-state index in [-0.39, 0.29) is 48.6 Å². The van der Waals surface area contributed by atoms with Gasteiger partial charge in [0.25, 0.3) is 35.4 Å². The molecule has 0 aliphatic carbocycles. The lowest BCUT2D eigenvalue weighted by atomic mass is 10.1. The highest BCUT2D eigenvalue weighted by Gasteiger charge is 2.42. The molecule has 0 fully saturated rings. The van der Waals surface area contributed by atoms with Crippen LogP contribution in [-0.2, 0) is 14.5 Å². The molecule has 3 aliphatic rings. The average molecular weight is 645 g/mol. The van der Waals surface area contributed by atoms with Crippen molar-refractivity contribution >= 4 is 53.4 Å². The summed E-state index contributed by atoms with van der Waals surface area (Å²) in [6, 6.07) is 19.5. The second-order valence-corrected chi connectivity index (χ2v) is 10.3. The Balaban J connectivity index is 1.20. The van der Waals surface area contributed by atoms with E-state index in [0.29, 0.717) is 0 Å². The minimum absolute atomic E-state index is 0.0428. The van der Waals surface area contributed by atoms with Gasteiger partial charge >= 0.3 is 17.9 Å². The fourth-order valence-electron chi connectivity index (χ4n) is 5.14. The normalized spacial score (nSPS) is 14.6. The zero-order valence-corrected chi connectivity index (χ0v) is 23.9. The number of benzene rings is 4. The van der Waals surface area contributed by atoms with E-state index >= 15 is 0 Å². The lowest BCUT2D eigenvalue weighted by Gasteiger charge is -2.16. The van der Waals surface area contributed by atoms with Gasteiger partial charge in [-0.05, 0) is 54.6 Å². The molecular weight excluding hydrogens is 630 g/mol. The Bertz CT molecular complexity index is 1860. The van der Waals surface area contributed by atoms with Crippen molar-refractivity contribution in [2.45, 2.75) is 0 Å². The van der Waals surface area contributed by atoms with E-state index in [4.69, 9.17) is 14.5 Å². The Kier molecular flexibility index (Phi) is 6.71. The van der Waals surface area contributed by atoms with Crippen LogP contribution in [0.3, 0.4) is 0 Å². The van der Waals surface area contributed by atoms with Crippen molar-refractivity contribution in [3.05, 3.63) is 141 Å². The van der Waals surface area contributed by atoms with Crippen LogP contribution < -0.4 is 0 Å². The lowest BCUT2D eigenvalue weighted by Crippen LogP contribution is -2.34. The molecule has 0 unspecified atom stereocenters. The molecule has 4 aromatic carbocycles. The monoisotopic (exact) mass is 645 g/mol. The third kappa shape index (κ3) is 4.57. The fraction of sp³-hybridized carbons (Fsp3) is 0. The van der Waals surface area contributed by atoms with Gasteiger partial charge in [-0.1, -0.05) is 51.6 Å². The van der Waals surface area contributed by atoms with Crippen molar-refractivity contribution in [1.29, 1.82) is 0 Å². The summed E-state index contributed by atoms with van der Waals surface area (Å²) in [6.07, 6.45) is 0. The summed E-state index contributed by atoms with van der Waals surface area (Å²) in [5.74, 6) is -10.00. The minimum atomic E-state index is -1.41. The summed E-state index contributed by atoms with van der Waals surface area (Å²) in [5.41, 5.74) is -2.10. The van der Waals surface area contributed by atoms with Crippen LogP contribution in [0, 0.1) is 0 Å². The Hall–Kier alpha value is -7.29. The summed E-state index contributed by atoms with van der Waals surface area (Å²) in [5, 5.41) is 0.564. The van der Waals surface area contributed by atoms with Gasteiger partial charge in [-0.15, -0.1) is 0 Å². The molecule has 0 atom stereocenters. The second-order valence-electron chi connectivity index (χ2n) is 10.3. The van der Waals surface area contributed by atoms with Crippen molar-refractivity contribution in [1.82, 2.24) is 15.2 Å². The van der Waals surface area contributed by atoms with Gasteiger partial charge < -0.3 is 14.5 Å². The van der Waals surface area contributed by atoms with Crippen LogP contribution in [0.5, 0.6) is 0 Å². The summed E-state index contributed by atoms with van der Waals surface area (Å²) in [7, 11) is 0. The highest BCUT2D eigenvalue weighted by Crippen LogP contribution is 2.27. The van der Waals surface area contributed by atoms with Gasteiger partial charge in [-0.3, -0.25) is 28.8 Å². The summed E-state index contributed by atoms with van der Waals surface area (Å²) in [4.78, 5) is 132. The highest BCUT2D eigenvalue weighted by molar-refractivity contribution is 6.23. The van der Waals surface area contributed by atoms with Crippen LogP contribution in [0.1, 0.15) is 93.2 Å². The van der Waals surface area contributed by atoms with Crippen LogP contribution >= 0.6 is 0 Å². The van der Waals surface area contributed by atoms with Gasteiger partial charge in [0.05, 0.1) is 50.1 Å². The SMILES string of the molecule is O=C(ON1C(=O)c2ccccc2C1=O)c1cc(C(=O)ON2C(=O)c3ccccc3C2=O)cc(C(=O)ON2C(=O)c3ccccc3C2=O)c1. The molecule has 0 radical (unpaired) electrons. The Morgan fingerprint density at radius 3 is 0.729 bits per heavy atom. The molecule has 0 bridgehead atoms. The number of hydrogen-bond acceptors (Lipinski definition) is 12. The van der Waals surface area contributed by atoms with Gasteiger partial charge in [0.15, 0.2) is 0 Å². The zero-order chi connectivity index (χ0) is 33.9. The molecule has 0 aromatic heterocycles. The number of nitrogens with zero attached hydrogens (tertiary/aromatic N) is 3. The molecule has 48 heavy (non-hydrogen) atoms. The van der Waals surface area contributed by atoms with E-state index in [1.807, 2.05) is 0 Å². The molecule has 3 aliphatic heterocycles. The molecule has 0 saturated carbocycles. The number of imide groups is 3. The van der Waals surface area contributed by atoms with E-state index < -0.39 is 70.0 Å². The molecular formula is C33H15N3O12. The zero-order valence-electron chi connectivity index (χ0n) is 23.9. The van der Waals surface area contributed by atoms with Gasteiger partial charge in [-0.25, -0.2) is 14.4 Å². The molecule has 0 N–H and O–H groups in total. The first-order valence-electron chi connectivity index (χ1n) is 13.8. The van der Waals surface area contributed by atoms with Gasteiger partial charge in [-0.2, -0.15) is 0 Å². The first-order chi connectivity index (χ1) is 23.0. The van der Waals surface area contributed by atoms with Crippen molar-refractivity contribution in [2.24, 2.45) is 0 Å². The predicted molar refractivity (Wildman–Crippen MR) is 154 cm³/mol.